The van der Waals surface area contributed by atoms with E-state index in [1.54, 1.807) is 24.0 Å². The number of nitrogens with two attached hydrogens (primary N) is 1. The summed E-state index contributed by atoms with van der Waals surface area (Å²) in [5.41, 5.74) is 7.16. The van der Waals surface area contributed by atoms with Crippen LogP contribution in [0.3, 0.4) is 0 Å². The molecule has 1 unspecified atom stereocenters. The summed E-state index contributed by atoms with van der Waals surface area (Å²) in [6.07, 6.45) is 0.798. The van der Waals surface area contributed by atoms with Gasteiger partial charge < -0.3 is 19.8 Å². The van der Waals surface area contributed by atoms with Crippen molar-refractivity contribution >= 4 is 28.5 Å². The van der Waals surface area contributed by atoms with E-state index in [-0.39, 0.29) is 18.6 Å². The van der Waals surface area contributed by atoms with Gasteiger partial charge in [-0.25, -0.2) is 4.79 Å². The predicted molar refractivity (Wildman–Crippen MR) is 91.6 cm³/mol. The van der Waals surface area contributed by atoms with Crippen molar-refractivity contribution in [3.63, 3.8) is 0 Å². The number of halogens is 1. The highest BCUT2D eigenvalue weighted by Crippen LogP contribution is 2.31. The molecule has 0 spiro atoms. The van der Waals surface area contributed by atoms with Crippen LogP contribution >= 0.6 is 11.6 Å². The number of benzene rings is 1. The molecule has 0 aliphatic carbocycles. The number of nitrogens with zero attached hydrogens (tertiary/aromatic N) is 1. The number of hydrogen-bond acceptors (Lipinski definition) is 5. The van der Waals surface area contributed by atoms with Gasteiger partial charge in [-0.15, -0.1) is 0 Å². The van der Waals surface area contributed by atoms with Gasteiger partial charge >= 0.3 is 5.63 Å². The Balaban J connectivity index is 1.82. The number of rotatable bonds is 3. The van der Waals surface area contributed by atoms with E-state index in [9.17, 15) is 9.59 Å². The average Bonchev–Trinajstić information content (AvgIpc) is 2.98. The van der Waals surface area contributed by atoms with Gasteiger partial charge in [0.2, 0.25) is 0 Å². The number of carbonyl (C=O) groups excluding carboxylic acids is 1. The topological polar surface area (TPSA) is 85.8 Å². The fourth-order valence-electron chi connectivity index (χ4n) is 2.80. The summed E-state index contributed by atoms with van der Waals surface area (Å²) >= 11 is 6.24. The van der Waals surface area contributed by atoms with E-state index in [0.717, 1.165) is 17.4 Å². The summed E-state index contributed by atoms with van der Waals surface area (Å²) in [6, 6.07) is 3.26. The third-order valence-electron chi connectivity index (χ3n) is 4.44. The highest BCUT2D eigenvalue weighted by Gasteiger charge is 2.24. The molecule has 0 bridgehead atoms. The summed E-state index contributed by atoms with van der Waals surface area (Å²) in [4.78, 5) is 25.6. The summed E-state index contributed by atoms with van der Waals surface area (Å²) in [7, 11) is 0. The third-order valence-corrected chi connectivity index (χ3v) is 4.73. The molecular formula is C17H19ClN2O4. The maximum atomic E-state index is 12.1. The Kier molecular flexibility index (Phi) is 4.51. The van der Waals surface area contributed by atoms with Gasteiger partial charge in [-0.2, -0.15) is 0 Å². The van der Waals surface area contributed by atoms with Crippen LogP contribution in [0.1, 0.15) is 17.5 Å². The summed E-state index contributed by atoms with van der Waals surface area (Å²) in [6.45, 7) is 4.60. The van der Waals surface area contributed by atoms with Gasteiger partial charge in [0.25, 0.3) is 5.91 Å². The number of amides is 1. The maximum absolute atomic E-state index is 12.1. The first-order valence-corrected chi connectivity index (χ1v) is 8.14. The van der Waals surface area contributed by atoms with E-state index in [2.05, 4.69) is 0 Å². The summed E-state index contributed by atoms with van der Waals surface area (Å²) in [5, 5.41) is 1.12. The van der Waals surface area contributed by atoms with Gasteiger partial charge in [-0.3, -0.25) is 4.79 Å². The Morgan fingerprint density at radius 2 is 2.17 bits per heavy atom. The molecule has 1 fully saturated rings. The van der Waals surface area contributed by atoms with Crippen LogP contribution in [-0.4, -0.2) is 36.5 Å². The predicted octanol–water partition coefficient (Wildman–Crippen LogP) is 2.00. The Morgan fingerprint density at radius 3 is 2.83 bits per heavy atom. The molecular weight excluding hydrogens is 332 g/mol. The summed E-state index contributed by atoms with van der Waals surface area (Å²) < 4.78 is 10.8. The number of aryl methyl sites for hydroxylation is 1. The largest absolute Gasteiger partial charge is 0.482 e. The fourth-order valence-corrected chi connectivity index (χ4v) is 3.02. The third kappa shape index (κ3) is 3.12. The Morgan fingerprint density at radius 1 is 1.42 bits per heavy atom. The van der Waals surface area contributed by atoms with Gasteiger partial charge in [0.05, 0.1) is 5.02 Å². The Hall–Kier alpha value is -2.05. The Bertz CT molecular complexity index is 862. The van der Waals surface area contributed by atoms with Crippen molar-refractivity contribution in [3.8, 4) is 5.75 Å². The van der Waals surface area contributed by atoms with Crippen molar-refractivity contribution in [2.75, 3.05) is 19.7 Å². The second kappa shape index (κ2) is 6.45. The molecule has 1 aromatic carbocycles. The minimum absolute atomic E-state index is 0.0266. The molecule has 2 aromatic rings. The molecule has 7 heteroatoms. The quantitative estimate of drug-likeness (QED) is 0.856. The van der Waals surface area contributed by atoms with Crippen LogP contribution < -0.4 is 16.1 Å². The molecule has 0 saturated carbocycles. The molecule has 6 nitrogen and oxygen atoms in total. The zero-order valence-electron chi connectivity index (χ0n) is 13.6. The lowest BCUT2D eigenvalue weighted by Gasteiger charge is -2.16. The first kappa shape index (κ1) is 16.8. The van der Waals surface area contributed by atoms with Gasteiger partial charge in [0.1, 0.15) is 11.3 Å². The van der Waals surface area contributed by atoms with Crippen LogP contribution in [0.25, 0.3) is 11.0 Å². The van der Waals surface area contributed by atoms with Gasteiger partial charge in [-0.05, 0) is 31.9 Å². The number of ether oxygens (including phenoxy) is 1. The van der Waals surface area contributed by atoms with Crippen molar-refractivity contribution in [1.29, 1.82) is 0 Å². The van der Waals surface area contributed by atoms with E-state index in [4.69, 9.17) is 26.5 Å². The highest BCUT2D eigenvalue weighted by atomic mass is 35.5. The molecule has 24 heavy (non-hydrogen) atoms. The van der Waals surface area contributed by atoms with Crippen molar-refractivity contribution < 1.29 is 13.9 Å². The van der Waals surface area contributed by atoms with Gasteiger partial charge in [-0.1, -0.05) is 11.6 Å². The van der Waals surface area contributed by atoms with Crippen LogP contribution in [0.4, 0.5) is 0 Å². The van der Waals surface area contributed by atoms with E-state index in [0.29, 0.717) is 35.0 Å². The van der Waals surface area contributed by atoms with E-state index < -0.39 is 5.63 Å². The molecule has 1 aromatic heterocycles. The molecule has 1 aliphatic rings. The number of hydrogen-bond donors (Lipinski definition) is 1. The van der Waals surface area contributed by atoms with E-state index >= 15 is 0 Å². The van der Waals surface area contributed by atoms with E-state index in [1.807, 2.05) is 6.92 Å². The van der Waals surface area contributed by atoms with Gasteiger partial charge in [0.15, 0.2) is 6.61 Å². The lowest BCUT2D eigenvalue weighted by atomic mass is 10.1. The van der Waals surface area contributed by atoms with Crippen molar-refractivity contribution in [3.05, 3.63) is 38.7 Å². The van der Waals surface area contributed by atoms with Crippen LogP contribution in [0.5, 0.6) is 5.75 Å². The molecule has 0 radical (unpaired) electrons. The van der Waals surface area contributed by atoms with Crippen LogP contribution in [0, 0.1) is 13.8 Å². The van der Waals surface area contributed by atoms with Crippen molar-refractivity contribution in [1.82, 2.24) is 4.90 Å². The SMILES string of the molecule is Cc1c(C)c2cc(Cl)c(OCC(=O)N3CCC(N)C3)cc2oc1=O. The van der Waals surface area contributed by atoms with Crippen LogP contribution in [-0.2, 0) is 4.79 Å². The molecule has 3 rings (SSSR count). The molecule has 2 N–H and O–H groups in total. The summed E-state index contributed by atoms with van der Waals surface area (Å²) in [5.74, 6) is 0.174. The number of carbonyl (C=O) groups is 1. The second-order valence-corrected chi connectivity index (χ2v) is 6.50. The van der Waals surface area contributed by atoms with Crippen molar-refractivity contribution in [2.24, 2.45) is 5.73 Å². The normalized spacial score (nSPS) is 17.5. The highest BCUT2D eigenvalue weighted by molar-refractivity contribution is 6.32. The van der Waals surface area contributed by atoms with E-state index in [1.165, 1.54) is 0 Å². The zero-order valence-corrected chi connectivity index (χ0v) is 14.4. The van der Waals surface area contributed by atoms with Crippen LogP contribution in [0.15, 0.2) is 21.3 Å². The standard InChI is InChI=1S/C17H19ClN2O4/c1-9-10(2)17(22)24-14-6-15(13(18)5-12(9)14)23-8-16(21)20-4-3-11(19)7-20/h5-6,11H,3-4,7-8,19H2,1-2H3. The molecule has 1 aliphatic heterocycles. The van der Waals surface area contributed by atoms with Gasteiger partial charge in [0, 0.05) is 36.1 Å². The molecule has 1 amide bonds. The average molecular weight is 351 g/mol. The molecule has 1 saturated heterocycles. The Labute approximate surface area is 144 Å². The first-order chi connectivity index (χ1) is 11.4. The lowest BCUT2D eigenvalue weighted by Crippen LogP contribution is -2.35. The first-order valence-electron chi connectivity index (χ1n) is 7.76. The molecule has 1 atom stereocenters. The monoisotopic (exact) mass is 350 g/mol. The van der Waals surface area contributed by atoms with Crippen molar-refractivity contribution in [2.45, 2.75) is 26.3 Å². The molecule has 2 heterocycles. The van der Waals surface area contributed by atoms with Crippen LogP contribution in [0.2, 0.25) is 5.02 Å². The maximum Gasteiger partial charge on any atom is 0.339 e. The second-order valence-electron chi connectivity index (χ2n) is 6.10. The minimum atomic E-state index is -0.393. The number of likely N-dealkylation sites (tertiary alicyclic amines) is 1. The molecule has 128 valence electrons. The lowest BCUT2D eigenvalue weighted by molar-refractivity contribution is -0.132. The smallest absolute Gasteiger partial charge is 0.339 e. The minimum Gasteiger partial charge on any atom is -0.482 e. The number of fused-ring (bicyclic) bond motifs is 1. The zero-order chi connectivity index (χ0) is 17.4. The fraction of sp³-hybridized carbons (Fsp3) is 0.412.